The number of benzene rings is 1. The van der Waals surface area contributed by atoms with Crippen molar-refractivity contribution in [1.82, 2.24) is 25.2 Å². The van der Waals surface area contributed by atoms with Crippen molar-refractivity contribution < 1.29 is 9.32 Å². The highest BCUT2D eigenvalue weighted by Gasteiger charge is 2.33. The van der Waals surface area contributed by atoms with Crippen LogP contribution >= 0.6 is 0 Å². The van der Waals surface area contributed by atoms with Gasteiger partial charge in [0.15, 0.2) is 5.82 Å². The summed E-state index contributed by atoms with van der Waals surface area (Å²) in [5.41, 5.74) is 2.20. The molecule has 2 aromatic heterocycles. The van der Waals surface area contributed by atoms with E-state index in [1.165, 1.54) is 0 Å². The maximum absolute atomic E-state index is 13.0. The van der Waals surface area contributed by atoms with E-state index in [0.717, 1.165) is 30.5 Å². The van der Waals surface area contributed by atoms with Gasteiger partial charge in [0.2, 0.25) is 5.89 Å². The first kappa shape index (κ1) is 15.6. The van der Waals surface area contributed by atoms with Crippen LogP contribution in [0, 0.1) is 6.92 Å². The summed E-state index contributed by atoms with van der Waals surface area (Å²) in [5, 5.41) is 11.0. The molecule has 1 unspecified atom stereocenters. The summed E-state index contributed by atoms with van der Waals surface area (Å²) in [7, 11) is 0. The number of carbonyl (C=O) groups is 1. The zero-order valence-corrected chi connectivity index (χ0v) is 14.0. The quantitative estimate of drug-likeness (QED) is 0.793. The Bertz CT molecular complexity index is 870. The number of aromatic amines is 1. The molecule has 1 atom stereocenters. The summed E-state index contributed by atoms with van der Waals surface area (Å²) in [6, 6.07) is 11.4. The average Bonchev–Trinajstić information content (AvgIpc) is 3.31. The van der Waals surface area contributed by atoms with Crippen molar-refractivity contribution >= 4 is 5.91 Å². The third-order valence-electron chi connectivity index (χ3n) is 4.47. The second-order valence-corrected chi connectivity index (χ2v) is 6.22. The molecule has 7 heteroatoms. The lowest BCUT2D eigenvalue weighted by Gasteiger charge is -2.32. The van der Waals surface area contributed by atoms with Gasteiger partial charge in [-0.1, -0.05) is 35.5 Å². The minimum absolute atomic E-state index is 0.0877. The van der Waals surface area contributed by atoms with Crippen LogP contribution < -0.4 is 0 Å². The number of nitrogens with zero attached hydrogens (tertiary/aromatic N) is 4. The van der Waals surface area contributed by atoms with Crippen LogP contribution in [0.2, 0.25) is 0 Å². The zero-order valence-electron chi connectivity index (χ0n) is 14.0. The third-order valence-corrected chi connectivity index (χ3v) is 4.47. The van der Waals surface area contributed by atoms with E-state index < -0.39 is 0 Å². The lowest BCUT2D eigenvalue weighted by atomic mass is 10.0. The van der Waals surface area contributed by atoms with Crippen molar-refractivity contribution in [1.29, 1.82) is 0 Å². The van der Waals surface area contributed by atoms with Crippen LogP contribution in [0.3, 0.4) is 0 Å². The minimum Gasteiger partial charge on any atom is -0.337 e. The van der Waals surface area contributed by atoms with E-state index >= 15 is 0 Å². The van der Waals surface area contributed by atoms with Gasteiger partial charge in [0.25, 0.3) is 5.91 Å². The Hall–Kier alpha value is -2.96. The number of H-pyrrole nitrogens is 1. The highest BCUT2D eigenvalue weighted by atomic mass is 16.5. The van der Waals surface area contributed by atoms with Crippen molar-refractivity contribution in [2.75, 3.05) is 6.54 Å². The van der Waals surface area contributed by atoms with Crippen LogP contribution in [0.1, 0.15) is 47.5 Å². The number of piperidine rings is 1. The fourth-order valence-electron chi connectivity index (χ4n) is 3.22. The van der Waals surface area contributed by atoms with Crippen LogP contribution in [-0.4, -0.2) is 37.7 Å². The second-order valence-electron chi connectivity index (χ2n) is 6.22. The van der Waals surface area contributed by atoms with E-state index in [1.807, 2.05) is 30.3 Å². The van der Waals surface area contributed by atoms with Gasteiger partial charge in [0.05, 0.1) is 5.69 Å². The van der Waals surface area contributed by atoms with Crippen molar-refractivity contribution in [3.63, 3.8) is 0 Å². The van der Waals surface area contributed by atoms with Crippen molar-refractivity contribution in [3.8, 4) is 11.3 Å². The summed E-state index contributed by atoms with van der Waals surface area (Å²) in [6.07, 6.45) is 2.83. The summed E-state index contributed by atoms with van der Waals surface area (Å²) in [6.45, 7) is 2.45. The Labute approximate surface area is 145 Å². The predicted molar refractivity (Wildman–Crippen MR) is 90.7 cm³/mol. The van der Waals surface area contributed by atoms with E-state index in [0.29, 0.717) is 24.0 Å². The van der Waals surface area contributed by atoms with Gasteiger partial charge in [-0.25, -0.2) is 0 Å². The van der Waals surface area contributed by atoms with Crippen LogP contribution in [0.5, 0.6) is 0 Å². The van der Waals surface area contributed by atoms with Gasteiger partial charge in [-0.2, -0.15) is 10.1 Å². The van der Waals surface area contributed by atoms with Gasteiger partial charge < -0.3 is 9.42 Å². The minimum atomic E-state index is -0.175. The lowest BCUT2D eigenvalue weighted by molar-refractivity contribution is 0.0555. The fourth-order valence-corrected chi connectivity index (χ4v) is 3.22. The normalized spacial score (nSPS) is 17.6. The second kappa shape index (κ2) is 6.51. The lowest BCUT2D eigenvalue weighted by Crippen LogP contribution is -2.38. The number of likely N-dealkylation sites (tertiary alicyclic amines) is 1. The number of aryl methyl sites for hydroxylation is 1. The van der Waals surface area contributed by atoms with E-state index in [2.05, 4.69) is 20.3 Å². The summed E-state index contributed by atoms with van der Waals surface area (Å²) in [4.78, 5) is 19.1. The molecule has 0 radical (unpaired) electrons. The van der Waals surface area contributed by atoms with E-state index in [4.69, 9.17) is 4.52 Å². The zero-order chi connectivity index (χ0) is 17.2. The average molecular weight is 337 g/mol. The van der Waals surface area contributed by atoms with E-state index in [-0.39, 0.29) is 11.9 Å². The number of rotatable bonds is 3. The number of amides is 1. The first-order chi connectivity index (χ1) is 12.2. The van der Waals surface area contributed by atoms with Crippen LogP contribution in [0.4, 0.5) is 0 Å². The van der Waals surface area contributed by atoms with Gasteiger partial charge >= 0.3 is 0 Å². The molecule has 1 amide bonds. The van der Waals surface area contributed by atoms with Crippen LogP contribution in [0.15, 0.2) is 40.9 Å². The molecule has 0 aliphatic carbocycles. The van der Waals surface area contributed by atoms with Crippen molar-refractivity contribution in [2.45, 2.75) is 32.2 Å². The Morgan fingerprint density at radius 3 is 2.88 bits per heavy atom. The molecule has 0 spiro atoms. The van der Waals surface area contributed by atoms with Gasteiger partial charge in [0.1, 0.15) is 11.7 Å². The monoisotopic (exact) mass is 337 g/mol. The summed E-state index contributed by atoms with van der Waals surface area (Å²) >= 11 is 0. The fraction of sp³-hybridized carbons (Fsp3) is 0.333. The first-order valence-electron chi connectivity index (χ1n) is 8.44. The molecule has 3 heterocycles. The summed E-state index contributed by atoms with van der Waals surface area (Å²) < 4.78 is 5.31. The molecule has 4 rings (SSSR count). The maximum Gasteiger partial charge on any atom is 0.272 e. The highest BCUT2D eigenvalue weighted by molar-refractivity contribution is 5.93. The molecular weight excluding hydrogens is 318 g/mol. The van der Waals surface area contributed by atoms with Gasteiger partial charge in [-0.3, -0.25) is 9.89 Å². The topological polar surface area (TPSA) is 87.9 Å². The number of nitrogens with one attached hydrogen (secondary N) is 1. The predicted octanol–water partition coefficient (Wildman–Crippen LogP) is 3.14. The Morgan fingerprint density at radius 2 is 2.12 bits per heavy atom. The molecule has 7 nitrogen and oxygen atoms in total. The molecule has 1 saturated heterocycles. The van der Waals surface area contributed by atoms with Crippen LogP contribution in [-0.2, 0) is 0 Å². The molecule has 1 N–H and O–H groups in total. The van der Waals surface area contributed by atoms with E-state index in [9.17, 15) is 4.79 Å². The molecule has 128 valence electrons. The molecule has 3 aromatic rings. The van der Waals surface area contributed by atoms with Crippen molar-refractivity contribution in [3.05, 3.63) is 53.8 Å². The Morgan fingerprint density at radius 1 is 1.28 bits per heavy atom. The largest absolute Gasteiger partial charge is 0.337 e. The van der Waals surface area contributed by atoms with Gasteiger partial charge in [0, 0.05) is 12.1 Å². The SMILES string of the molecule is Cc1noc(C2CCCCN2C(=O)c2cc(-c3ccccc3)n[nH]2)n1. The third kappa shape index (κ3) is 3.05. The Kier molecular flexibility index (Phi) is 4.05. The summed E-state index contributed by atoms with van der Waals surface area (Å²) in [5.74, 6) is 1.00. The van der Waals surface area contributed by atoms with Gasteiger partial charge in [-0.15, -0.1) is 0 Å². The smallest absolute Gasteiger partial charge is 0.272 e. The molecular formula is C18H19N5O2. The van der Waals surface area contributed by atoms with Crippen molar-refractivity contribution in [2.24, 2.45) is 0 Å². The number of hydrogen-bond donors (Lipinski definition) is 1. The molecule has 1 fully saturated rings. The van der Waals surface area contributed by atoms with Gasteiger partial charge in [-0.05, 0) is 32.3 Å². The maximum atomic E-state index is 13.0. The first-order valence-corrected chi connectivity index (χ1v) is 8.44. The highest BCUT2D eigenvalue weighted by Crippen LogP contribution is 2.31. The molecule has 25 heavy (non-hydrogen) atoms. The Balaban J connectivity index is 1.60. The number of hydrogen-bond acceptors (Lipinski definition) is 5. The molecule has 0 saturated carbocycles. The standard InChI is InChI=1S/C18H19N5O2/c1-12-19-17(25-22-12)16-9-5-6-10-23(16)18(24)15-11-14(20-21-15)13-7-3-2-4-8-13/h2-4,7-8,11,16H,5-6,9-10H2,1H3,(H,20,21). The molecule has 1 aromatic carbocycles. The molecule has 1 aliphatic heterocycles. The van der Waals surface area contributed by atoms with E-state index in [1.54, 1.807) is 17.9 Å². The van der Waals surface area contributed by atoms with Crippen LogP contribution in [0.25, 0.3) is 11.3 Å². The number of aromatic nitrogens is 4. The molecule has 1 aliphatic rings. The number of carbonyl (C=O) groups excluding carboxylic acids is 1. The molecule has 0 bridgehead atoms.